The number of thiazole rings is 1. The van der Waals surface area contributed by atoms with Gasteiger partial charge in [0, 0.05) is 23.6 Å². The van der Waals surface area contributed by atoms with Crippen molar-refractivity contribution in [3.63, 3.8) is 0 Å². The molecule has 0 aliphatic heterocycles. The van der Waals surface area contributed by atoms with Crippen molar-refractivity contribution in [2.45, 2.75) is 24.7 Å². The molecule has 1 N–H and O–H groups in total. The van der Waals surface area contributed by atoms with Crippen molar-refractivity contribution in [1.29, 1.82) is 0 Å². The van der Waals surface area contributed by atoms with Gasteiger partial charge < -0.3 is 10.1 Å². The molecule has 0 spiro atoms. The van der Waals surface area contributed by atoms with Gasteiger partial charge in [-0.3, -0.25) is 4.79 Å². The summed E-state index contributed by atoms with van der Waals surface area (Å²) in [5, 5.41) is 5.76. The number of nitrogens with one attached hydrogen (secondary N) is 1. The molecule has 8 nitrogen and oxygen atoms in total. The Morgan fingerprint density at radius 3 is 2.79 bits per heavy atom. The van der Waals surface area contributed by atoms with E-state index in [1.807, 2.05) is 5.38 Å². The van der Waals surface area contributed by atoms with E-state index in [9.17, 15) is 13.2 Å². The average Bonchev–Trinajstić information content (AvgIpc) is 3.15. The molecular weight excluding hydrogens is 412 g/mol. The van der Waals surface area contributed by atoms with Gasteiger partial charge in [-0.1, -0.05) is 13.0 Å². The fourth-order valence-corrected chi connectivity index (χ4v) is 4.27. The molecule has 0 unspecified atom stereocenters. The van der Waals surface area contributed by atoms with Gasteiger partial charge >= 0.3 is 5.97 Å². The molecule has 1 aromatic carbocycles. The van der Waals surface area contributed by atoms with Crippen LogP contribution in [-0.2, 0) is 32.2 Å². The van der Waals surface area contributed by atoms with E-state index in [-0.39, 0.29) is 23.0 Å². The van der Waals surface area contributed by atoms with E-state index in [4.69, 9.17) is 0 Å². The normalized spacial score (nSPS) is 11.2. The molecule has 0 aliphatic carbocycles. The molecule has 0 amide bonds. The summed E-state index contributed by atoms with van der Waals surface area (Å²) in [6, 6.07) is 8.40. The molecule has 0 radical (unpaired) electrons. The summed E-state index contributed by atoms with van der Waals surface area (Å²) in [5.74, 6) is 0.259. The molecule has 0 atom stereocenters. The van der Waals surface area contributed by atoms with Crippen LogP contribution in [0.5, 0.6) is 0 Å². The minimum Gasteiger partial charge on any atom is -0.469 e. The van der Waals surface area contributed by atoms with Gasteiger partial charge in [-0.05, 0) is 18.2 Å². The van der Waals surface area contributed by atoms with Crippen LogP contribution in [0, 0.1) is 0 Å². The lowest BCUT2D eigenvalue weighted by Crippen LogP contribution is -2.05. The predicted octanol–water partition coefficient (Wildman–Crippen LogP) is 2.78. The Balaban J connectivity index is 1.72. The van der Waals surface area contributed by atoms with Crippen LogP contribution >= 0.6 is 11.3 Å². The fraction of sp³-hybridized carbons (Fsp3) is 0.263. The van der Waals surface area contributed by atoms with Gasteiger partial charge in [0.15, 0.2) is 9.84 Å². The number of nitrogens with zero attached hydrogens (tertiary/aromatic N) is 3. The Morgan fingerprint density at radius 2 is 2.03 bits per heavy atom. The van der Waals surface area contributed by atoms with E-state index >= 15 is 0 Å². The van der Waals surface area contributed by atoms with Crippen LogP contribution in [-0.4, -0.2) is 42.2 Å². The highest BCUT2D eigenvalue weighted by Gasteiger charge is 2.12. The number of hydrogen-bond acceptors (Lipinski definition) is 9. The lowest BCUT2D eigenvalue weighted by atomic mass is 10.3. The van der Waals surface area contributed by atoms with Crippen molar-refractivity contribution in [1.82, 2.24) is 15.0 Å². The number of aromatic nitrogens is 3. The highest BCUT2D eigenvalue weighted by Crippen LogP contribution is 2.21. The highest BCUT2D eigenvalue weighted by molar-refractivity contribution is 7.91. The molecule has 10 heteroatoms. The number of sulfone groups is 1. The van der Waals surface area contributed by atoms with Crippen molar-refractivity contribution in [2.75, 3.05) is 18.2 Å². The number of carbonyl (C=O) groups excluding carboxylic acids is 1. The summed E-state index contributed by atoms with van der Waals surface area (Å²) in [4.78, 5) is 24.5. The molecule has 0 aliphatic rings. The van der Waals surface area contributed by atoms with Gasteiger partial charge in [-0.2, -0.15) is 0 Å². The van der Waals surface area contributed by atoms with Crippen LogP contribution in [0.2, 0.25) is 0 Å². The summed E-state index contributed by atoms with van der Waals surface area (Å²) >= 11 is 1.45. The van der Waals surface area contributed by atoms with Crippen LogP contribution < -0.4 is 5.32 Å². The summed E-state index contributed by atoms with van der Waals surface area (Å²) in [6.07, 6.45) is 2.07. The number of ether oxygens (including phenoxy) is 1. The Hall–Kier alpha value is -2.85. The molecule has 2 aromatic heterocycles. The van der Waals surface area contributed by atoms with Crippen molar-refractivity contribution < 1.29 is 17.9 Å². The number of hydrogen-bond donors (Lipinski definition) is 1. The number of methoxy groups -OCH3 is 1. The molecular formula is C19H20N4O4S2. The third-order valence-electron chi connectivity index (χ3n) is 4.05. The zero-order valence-electron chi connectivity index (χ0n) is 16.0. The van der Waals surface area contributed by atoms with Crippen LogP contribution in [0.25, 0.3) is 0 Å². The first kappa shape index (κ1) is 20.9. The van der Waals surface area contributed by atoms with Crippen LogP contribution in [0.4, 0.5) is 11.5 Å². The SMILES string of the molecule is CCS(=O)(=O)c1cccc(Nc2cc(Cc3nc(CC(=O)OC)cs3)ncn2)c1. The average molecular weight is 433 g/mol. The number of anilines is 2. The molecule has 0 bridgehead atoms. The van der Waals surface area contributed by atoms with Crippen LogP contribution in [0.15, 0.2) is 46.9 Å². The van der Waals surface area contributed by atoms with Crippen LogP contribution in [0.3, 0.4) is 0 Å². The van der Waals surface area contributed by atoms with Crippen LogP contribution in [0.1, 0.15) is 23.3 Å². The molecule has 0 fully saturated rings. The quantitative estimate of drug-likeness (QED) is 0.541. The van der Waals surface area contributed by atoms with Crippen molar-refractivity contribution in [3.05, 3.63) is 58.4 Å². The zero-order valence-corrected chi connectivity index (χ0v) is 17.6. The number of carbonyl (C=O) groups is 1. The van der Waals surface area contributed by atoms with Gasteiger partial charge in [0.2, 0.25) is 0 Å². The van der Waals surface area contributed by atoms with Crippen molar-refractivity contribution >= 4 is 38.6 Å². The number of esters is 1. The third kappa shape index (κ3) is 5.58. The van der Waals surface area contributed by atoms with E-state index in [2.05, 4.69) is 25.0 Å². The van der Waals surface area contributed by atoms with E-state index in [0.29, 0.717) is 23.6 Å². The van der Waals surface area contributed by atoms with Gasteiger partial charge in [0.25, 0.3) is 0 Å². The second-order valence-corrected chi connectivity index (χ2v) is 9.33. The molecule has 3 aromatic rings. The lowest BCUT2D eigenvalue weighted by Gasteiger charge is -2.08. The second kappa shape index (κ2) is 9.10. The Morgan fingerprint density at radius 1 is 1.21 bits per heavy atom. The summed E-state index contributed by atoms with van der Waals surface area (Å²) in [6.45, 7) is 1.61. The summed E-state index contributed by atoms with van der Waals surface area (Å²) < 4.78 is 28.8. The van der Waals surface area contributed by atoms with Crippen molar-refractivity contribution in [3.8, 4) is 0 Å². The minimum absolute atomic E-state index is 0.0416. The standard InChI is InChI=1S/C19H20N4O4S2/c1-3-29(25,26)16-6-4-5-13(7-16)22-17-8-14(20-12-21-17)9-18-23-15(11-28-18)10-19(24)27-2/h4-8,11-12H,3,9-10H2,1-2H3,(H,20,21,22). The Kier molecular flexibility index (Phi) is 6.55. The van der Waals surface area contributed by atoms with E-state index in [1.54, 1.807) is 37.3 Å². The topological polar surface area (TPSA) is 111 Å². The molecule has 29 heavy (non-hydrogen) atoms. The summed E-state index contributed by atoms with van der Waals surface area (Å²) in [5.41, 5.74) is 2.04. The second-order valence-electron chi connectivity index (χ2n) is 6.11. The smallest absolute Gasteiger partial charge is 0.311 e. The number of rotatable bonds is 8. The third-order valence-corrected chi connectivity index (χ3v) is 6.68. The highest BCUT2D eigenvalue weighted by atomic mass is 32.2. The molecule has 3 rings (SSSR count). The van der Waals surface area contributed by atoms with Gasteiger partial charge in [0.05, 0.1) is 40.6 Å². The molecule has 2 heterocycles. The Bertz CT molecular complexity index is 1110. The van der Waals surface area contributed by atoms with Gasteiger partial charge in [-0.25, -0.2) is 23.4 Å². The predicted molar refractivity (Wildman–Crippen MR) is 110 cm³/mol. The Labute approximate surface area is 172 Å². The van der Waals surface area contributed by atoms with E-state index in [1.165, 1.54) is 24.8 Å². The minimum atomic E-state index is -3.28. The molecule has 0 saturated heterocycles. The lowest BCUT2D eigenvalue weighted by molar-refractivity contribution is -0.139. The van der Waals surface area contributed by atoms with E-state index in [0.717, 1.165) is 10.7 Å². The summed E-state index contributed by atoms with van der Waals surface area (Å²) in [7, 11) is -1.94. The molecule has 152 valence electrons. The van der Waals surface area contributed by atoms with Crippen molar-refractivity contribution in [2.24, 2.45) is 0 Å². The fourth-order valence-electron chi connectivity index (χ4n) is 2.53. The first-order valence-electron chi connectivity index (χ1n) is 8.80. The van der Waals surface area contributed by atoms with E-state index < -0.39 is 9.84 Å². The zero-order chi connectivity index (χ0) is 20.9. The van der Waals surface area contributed by atoms with Gasteiger partial charge in [-0.15, -0.1) is 11.3 Å². The first-order valence-corrected chi connectivity index (χ1v) is 11.3. The first-order chi connectivity index (χ1) is 13.9. The maximum absolute atomic E-state index is 12.1. The maximum atomic E-state index is 12.1. The van der Waals surface area contributed by atoms with Gasteiger partial charge in [0.1, 0.15) is 12.1 Å². The molecule has 0 saturated carbocycles. The monoisotopic (exact) mass is 432 g/mol. The largest absolute Gasteiger partial charge is 0.469 e. The maximum Gasteiger partial charge on any atom is 0.311 e. The number of benzene rings is 1.